The van der Waals surface area contributed by atoms with Gasteiger partial charge >= 0.3 is 0 Å². The predicted molar refractivity (Wildman–Crippen MR) is 98.4 cm³/mol. The second-order valence-corrected chi connectivity index (χ2v) is 7.60. The van der Waals surface area contributed by atoms with Gasteiger partial charge in [-0.2, -0.15) is 0 Å². The first-order valence-corrected chi connectivity index (χ1v) is 9.28. The minimum absolute atomic E-state index is 0.116. The second-order valence-electron chi connectivity index (χ2n) is 4.82. The Balaban J connectivity index is 2.52. The van der Waals surface area contributed by atoms with Gasteiger partial charge in [-0.1, -0.05) is 22.0 Å². The smallest absolute Gasteiger partial charge is 0.264 e. The first kappa shape index (κ1) is 18.4. The molecule has 0 aliphatic heterocycles. The lowest BCUT2D eigenvalue weighted by Gasteiger charge is -2.23. The molecule has 0 unspecified atom stereocenters. The topological polar surface area (TPSA) is 55.8 Å². The van der Waals surface area contributed by atoms with Gasteiger partial charge in [0.1, 0.15) is 0 Å². The molecule has 2 rings (SSSR count). The molecular formula is C17H18BrNO4S. The summed E-state index contributed by atoms with van der Waals surface area (Å²) in [6.07, 6.45) is 1.54. The Kier molecular flexibility index (Phi) is 5.90. The number of sulfonamides is 1. The van der Waals surface area contributed by atoms with Gasteiger partial charge in [0.05, 0.1) is 31.3 Å². The third-order valence-corrected chi connectivity index (χ3v) is 5.67. The van der Waals surface area contributed by atoms with E-state index in [0.29, 0.717) is 17.2 Å². The van der Waals surface area contributed by atoms with E-state index < -0.39 is 10.0 Å². The first-order valence-electron chi connectivity index (χ1n) is 7.05. The largest absolute Gasteiger partial charge is 0.493 e. The van der Waals surface area contributed by atoms with Crippen molar-refractivity contribution in [2.45, 2.75) is 4.90 Å². The molecule has 0 amide bonds. The van der Waals surface area contributed by atoms with Crippen LogP contribution >= 0.6 is 15.9 Å². The fourth-order valence-electron chi connectivity index (χ4n) is 2.17. The van der Waals surface area contributed by atoms with Gasteiger partial charge in [-0.05, 0) is 36.4 Å². The minimum Gasteiger partial charge on any atom is -0.493 e. The molecule has 0 fully saturated rings. The SMILES string of the molecule is C=CCN(c1ccc(Br)cc1)S(=O)(=O)c1ccc(OC)c(OC)c1. The molecule has 0 heterocycles. The molecule has 7 heteroatoms. The van der Waals surface area contributed by atoms with Crippen LogP contribution in [0.4, 0.5) is 5.69 Å². The fourth-order valence-corrected chi connectivity index (χ4v) is 3.89. The van der Waals surface area contributed by atoms with Crippen LogP contribution in [0.15, 0.2) is 64.5 Å². The van der Waals surface area contributed by atoms with E-state index in [1.807, 2.05) is 0 Å². The minimum atomic E-state index is -3.78. The lowest BCUT2D eigenvalue weighted by Crippen LogP contribution is -2.31. The Morgan fingerprint density at radius 2 is 1.71 bits per heavy atom. The van der Waals surface area contributed by atoms with Crippen LogP contribution in [0.5, 0.6) is 11.5 Å². The van der Waals surface area contributed by atoms with Crippen LogP contribution in [-0.4, -0.2) is 29.2 Å². The number of hydrogen-bond acceptors (Lipinski definition) is 4. The van der Waals surface area contributed by atoms with Crippen LogP contribution in [0.1, 0.15) is 0 Å². The Bertz CT molecular complexity index is 819. The molecule has 0 N–H and O–H groups in total. The van der Waals surface area contributed by atoms with Crippen molar-refractivity contribution in [3.05, 3.63) is 59.6 Å². The Labute approximate surface area is 150 Å². The lowest BCUT2D eigenvalue weighted by molar-refractivity contribution is 0.354. The van der Waals surface area contributed by atoms with E-state index in [0.717, 1.165) is 4.47 Å². The van der Waals surface area contributed by atoms with Crippen molar-refractivity contribution in [3.63, 3.8) is 0 Å². The first-order chi connectivity index (χ1) is 11.4. The van der Waals surface area contributed by atoms with Crippen LogP contribution in [0.25, 0.3) is 0 Å². The van der Waals surface area contributed by atoms with E-state index in [2.05, 4.69) is 22.5 Å². The number of halogens is 1. The quantitative estimate of drug-likeness (QED) is 0.649. The van der Waals surface area contributed by atoms with Crippen molar-refractivity contribution in [2.24, 2.45) is 0 Å². The zero-order chi connectivity index (χ0) is 17.7. The number of benzene rings is 2. The molecule has 2 aromatic carbocycles. The van der Waals surface area contributed by atoms with Crippen LogP contribution in [-0.2, 0) is 10.0 Å². The van der Waals surface area contributed by atoms with E-state index in [1.165, 1.54) is 30.7 Å². The Morgan fingerprint density at radius 1 is 1.08 bits per heavy atom. The van der Waals surface area contributed by atoms with Crippen molar-refractivity contribution in [2.75, 3.05) is 25.1 Å². The number of anilines is 1. The maximum absolute atomic E-state index is 13.0. The average Bonchev–Trinajstić information content (AvgIpc) is 2.59. The van der Waals surface area contributed by atoms with E-state index in [9.17, 15) is 8.42 Å². The summed E-state index contributed by atoms with van der Waals surface area (Å²) in [6.45, 7) is 3.80. The van der Waals surface area contributed by atoms with Crippen LogP contribution < -0.4 is 13.8 Å². The summed E-state index contributed by atoms with van der Waals surface area (Å²) in [5, 5.41) is 0. The third-order valence-electron chi connectivity index (χ3n) is 3.35. The van der Waals surface area contributed by atoms with E-state index in [1.54, 1.807) is 36.4 Å². The predicted octanol–water partition coefficient (Wildman–Crippen LogP) is 3.85. The fraction of sp³-hybridized carbons (Fsp3) is 0.176. The van der Waals surface area contributed by atoms with Gasteiger partial charge in [0.2, 0.25) is 0 Å². The lowest BCUT2D eigenvalue weighted by atomic mass is 10.3. The molecule has 0 saturated heterocycles. The van der Waals surface area contributed by atoms with Crippen molar-refractivity contribution in [3.8, 4) is 11.5 Å². The van der Waals surface area contributed by atoms with Gasteiger partial charge in [-0.15, -0.1) is 6.58 Å². The number of methoxy groups -OCH3 is 2. The molecule has 0 atom stereocenters. The van der Waals surface area contributed by atoms with Gasteiger partial charge < -0.3 is 9.47 Å². The summed E-state index contributed by atoms with van der Waals surface area (Å²) < 4.78 is 38.6. The highest BCUT2D eigenvalue weighted by atomic mass is 79.9. The Hall–Kier alpha value is -1.99. The van der Waals surface area contributed by atoms with Crippen molar-refractivity contribution >= 4 is 31.6 Å². The molecule has 2 aromatic rings. The van der Waals surface area contributed by atoms with Gasteiger partial charge in [0, 0.05) is 10.5 Å². The summed E-state index contributed by atoms with van der Waals surface area (Å²) in [5.74, 6) is 0.822. The van der Waals surface area contributed by atoms with E-state index >= 15 is 0 Å². The number of nitrogens with zero attached hydrogens (tertiary/aromatic N) is 1. The highest BCUT2D eigenvalue weighted by Crippen LogP contribution is 2.32. The number of hydrogen-bond donors (Lipinski definition) is 0. The van der Waals surface area contributed by atoms with Crippen molar-refractivity contribution in [1.82, 2.24) is 0 Å². The zero-order valence-electron chi connectivity index (χ0n) is 13.4. The van der Waals surface area contributed by atoms with E-state index in [-0.39, 0.29) is 11.4 Å². The van der Waals surface area contributed by atoms with Crippen LogP contribution in [0.3, 0.4) is 0 Å². The monoisotopic (exact) mass is 411 g/mol. The average molecular weight is 412 g/mol. The molecule has 0 bridgehead atoms. The standard InChI is InChI=1S/C17H18BrNO4S/c1-4-11-19(14-7-5-13(18)6-8-14)24(20,21)15-9-10-16(22-2)17(12-15)23-3/h4-10,12H,1,11H2,2-3H3. The maximum atomic E-state index is 13.0. The molecule has 0 spiro atoms. The Morgan fingerprint density at radius 3 is 2.25 bits per heavy atom. The van der Waals surface area contributed by atoms with E-state index in [4.69, 9.17) is 9.47 Å². The number of ether oxygens (including phenoxy) is 2. The second kappa shape index (κ2) is 7.72. The maximum Gasteiger partial charge on any atom is 0.264 e. The molecular weight excluding hydrogens is 394 g/mol. The molecule has 0 aliphatic carbocycles. The van der Waals surface area contributed by atoms with Crippen molar-refractivity contribution in [1.29, 1.82) is 0 Å². The molecule has 0 saturated carbocycles. The van der Waals surface area contributed by atoms with Crippen molar-refractivity contribution < 1.29 is 17.9 Å². The van der Waals surface area contributed by atoms with Gasteiger partial charge in [0.15, 0.2) is 11.5 Å². The third kappa shape index (κ3) is 3.73. The van der Waals surface area contributed by atoms with Gasteiger partial charge in [-0.3, -0.25) is 4.31 Å². The molecule has 0 aliphatic rings. The molecule has 24 heavy (non-hydrogen) atoms. The highest BCUT2D eigenvalue weighted by molar-refractivity contribution is 9.10. The highest BCUT2D eigenvalue weighted by Gasteiger charge is 2.25. The molecule has 0 aromatic heterocycles. The van der Waals surface area contributed by atoms with Gasteiger partial charge in [-0.25, -0.2) is 8.42 Å². The van der Waals surface area contributed by atoms with Crippen LogP contribution in [0.2, 0.25) is 0 Å². The summed E-state index contributed by atoms with van der Waals surface area (Å²) in [5.41, 5.74) is 0.549. The normalized spacial score (nSPS) is 11.0. The summed E-state index contributed by atoms with van der Waals surface area (Å²) in [6, 6.07) is 11.5. The molecule has 5 nitrogen and oxygen atoms in total. The van der Waals surface area contributed by atoms with Gasteiger partial charge in [0.25, 0.3) is 10.0 Å². The summed E-state index contributed by atoms with van der Waals surface area (Å²) >= 11 is 3.35. The summed E-state index contributed by atoms with van der Waals surface area (Å²) in [7, 11) is -0.815. The zero-order valence-corrected chi connectivity index (χ0v) is 15.8. The van der Waals surface area contributed by atoms with Crippen LogP contribution in [0, 0.1) is 0 Å². The molecule has 0 radical (unpaired) electrons. The number of rotatable bonds is 7. The molecule has 128 valence electrons. The summed E-state index contributed by atoms with van der Waals surface area (Å²) in [4.78, 5) is 0.116.